The summed E-state index contributed by atoms with van der Waals surface area (Å²) in [5.41, 5.74) is 2.19. The Kier molecular flexibility index (Phi) is 3.19. The molecule has 0 saturated carbocycles. The molecule has 0 atom stereocenters. The quantitative estimate of drug-likeness (QED) is 0.739. The average Bonchev–Trinajstić information content (AvgIpc) is 2.28. The molecule has 0 bridgehead atoms. The predicted molar refractivity (Wildman–Crippen MR) is 71.1 cm³/mol. The molecule has 2 aromatic carbocycles. The van der Waals surface area contributed by atoms with Gasteiger partial charge in [-0.25, -0.2) is 0 Å². The Hall–Kier alpha value is -1.76. The molecule has 2 rings (SSSR count). The lowest BCUT2D eigenvalue weighted by Crippen LogP contribution is -2.22. The van der Waals surface area contributed by atoms with E-state index in [1.165, 1.54) is 11.1 Å². The molecule has 0 saturated heterocycles. The standard InChI is InChI=1S/C16H17O/c1-16(2,3)17-15-11-7-10-14(12-15)13-8-5-4-6-9-13/h5-12H,1-3H3. The molecule has 87 valence electrons. The highest BCUT2D eigenvalue weighted by atomic mass is 16.5. The third-order valence-electron chi connectivity index (χ3n) is 2.31. The Morgan fingerprint density at radius 3 is 2.29 bits per heavy atom. The molecule has 0 aliphatic rings. The number of benzene rings is 2. The highest BCUT2D eigenvalue weighted by Gasteiger charge is 2.11. The first-order valence-corrected chi connectivity index (χ1v) is 5.80. The van der Waals surface area contributed by atoms with E-state index in [0.29, 0.717) is 0 Å². The highest BCUT2D eigenvalue weighted by Crippen LogP contribution is 2.25. The van der Waals surface area contributed by atoms with Crippen molar-refractivity contribution in [3.05, 3.63) is 54.6 Å². The lowest BCUT2D eigenvalue weighted by molar-refractivity contribution is 0.131. The zero-order chi connectivity index (χ0) is 12.3. The lowest BCUT2D eigenvalue weighted by atomic mass is 10.1. The van der Waals surface area contributed by atoms with Crippen LogP contribution in [0.3, 0.4) is 0 Å². The number of rotatable bonds is 2. The smallest absolute Gasteiger partial charge is 0.120 e. The summed E-state index contributed by atoms with van der Waals surface area (Å²) >= 11 is 0. The van der Waals surface area contributed by atoms with Crippen LogP contribution in [-0.2, 0) is 0 Å². The first kappa shape index (κ1) is 11.7. The van der Waals surface area contributed by atoms with Gasteiger partial charge in [-0.3, -0.25) is 0 Å². The Labute approximate surface area is 103 Å². The molecule has 0 aromatic heterocycles. The SMILES string of the molecule is CC(C)(C)Oc1cccc(-c2cc[c]cc2)c1. The average molecular weight is 225 g/mol. The first-order valence-electron chi connectivity index (χ1n) is 5.80. The van der Waals surface area contributed by atoms with Crippen molar-refractivity contribution >= 4 is 0 Å². The van der Waals surface area contributed by atoms with Gasteiger partial charge >= 0.3 is 0 Å². The minimum Gasteiger partial charge on any atom is -0.488 e. The Morgan fingerprint density at radius 1 is 0.941 bits per heavy atom. The molecule has 0 aliphatic carbocycles. The second kappa shape index (κ2) is 4.62. The van der Waals surface area contributed by atoms with Crippen molar-refractivity contribution in [3.8, 4) is 16.9 Å². The van der Waals surface area contributed by atoms with Crippen LogP contribution in [0.1, 0.15) is 20.8 Å². The zero-order valence-electron chi connectivity index (χ0n) is 10.5. The number of hydrogen-bond donors (Lipinski definition) is 0. The van der Waals surface area contributed by atoms with Gasteiger partial charge in [-0.1, -0.05) is 36.4 Å². The number of ether oxygens (including phenoxy) is 1. The third-order valence-corrected chi connectivity index (χ3v) is 2.31. The van der Waals surface area contributed by atoms with E-state index in [2.05, 4.69) is 51.1 Å². The van der Waals surface area contributed by atoms with Crippen molar-refractivity contribution < 1.29 is 4.74 Å². The van der Waals surface area contributed by atoms with Crippen molar-refractivity contribution in [1.82, 2.24) is 0 Å². The van der Waals surface area contributed by atoms with Crippen LogP contribution < -0.4 is 4.74 Å². The van der Waals surface area contributed by atoms with Crippen molar-refractivity contribution in [2.75, 3.05) is 0 Å². The Balaban J connectivity index is 2.29. The van der Waals surface area contributed by atoms with E-state index in [9.17, 15) is 0 Å². The monoisotopic (exact) mass is 225 g/mol. The molecule has 0 heterocycles. The summed E-state index contributed by atoms with van der Waals surface area (Å²) < 4.78 is 5.86. The van der Waals surface area contributed by atoms with Crippen LogP contribution in [0.2, 0.25) is 0 Å². The minimum atomic E-state index is -0.164. The Bertz CT molecular complexity index is 480. The molecule has 1 nitrogen and oxygen atoms in total. The van der Waals surface area contributed by atoms with Gasteiger partial charge in [-0.2, -0.15) is 0 Å². The molecular weight excluding hydrogens is 208 g/mol. The third kappa shape index (κ3) is 3.35. The fourth-order valence-corrected chi connectivity index (χ4v) is 1.67. The van der Waals surface area contributed by atoms with Crippen LogP contribution >= 0.6 is 0 Å². The van der Waals surface area contributed by atoms with E-state index < -0.39 is 0 Å². The molecule has 2 aromatic rings. The fraction of sp³-hybridized carbons (Fsp3) is 0.250. The van der Waals surface area contributed by atoms with Gasteiger partial charge in [0.05, 0.1) is 0 Å². The van der Waals surface area contributed by atoms with Gasteiger partial charge in [0.1, 0.15) is 11.4 Å². The summed E-state index contributed by atoms with van der Waals surface area (Å²) in [4.78, 5) is 0. The second-order valence-corrected chi connectivity index (χ2v) is 5.03. The van der Waals surface area contributed by atoms with Gasteiger partial charge in [0.15, 0.2) is 0 Å². The maximum absolute atomic E-state index is 5.86. The van der Waals surface area contributed by atoms with Crippen LogP contribution in [0.15, 0.2) is 48.5 Å². The molecule has 0 spiro atoms. The summed E-state index contributed by atoms with van der Waals surface area (Å²) in [5.74, 6) is 0.905. The van der Waals surface area contributed by atoms with Gasteiger partial charge in [0.2, 0.25) is 0 Å². The summed E-state index contributed by atoms with van der Waals surface area (Å²) in [6.07, 6.45) is 0. The summed E-state index contributed by atoms with van der Waals surface area (Å²) in [7, 11) is 0. The van der Waals surface area contributed by atoms with E-state index >= 15 is 0 Å². The molecule has 0 amide bonds. The molecule has 1 heteroatoms. The van der Waals surface area contributed by atoms with Gasteiger partial charge in [0, 0.05) is 0 Å². The van der Waals surface area contributed by atoms with E-state index in [0.717, 1.165) is 5.75 Å². The van der Waals surface area contributed by atoms with E-state index in [1.807, 2.05) is 24.3 Å². The van der Waals surface area contributed by atoms with Crippen LogP contribution in [-0.4, -0.2) is 5.60 Å². The van der Waals surface area contributed by atoms with Crippen molar-refractivity contribution in [1.29, 1.82) is 0 Å². The van der Waals surface area contributed by atoms with Crippen LogP contribution in [0.5, 0.6) is 5.75 Å². The summed E-state index contributed by atoms with van der Waals surface area (Å²) in [6.45, 7) is 6.16. The van der Waals surface area contributed by atoms with Gasteiger partial charge in [-0.15, -0.1) is 0 Å². The molecule has 1 radical (unpaired) electrons. The predicted octanol–water partition coefficient (Wildman–Crippen LogP) is 4.33. The van der Waals surface area contributed by atoms with Crippen molar-refractivity contribution in [3.63, 3.8) is 0 Å². The number of hydrogen-bond acceptors (Lipinski definition) is 1. The largest absolute Gasteiger partial charge is 0.488 e. The van der Waals surface area contributed by atoms with Crippen LogP contribution in [0.4, 0.5) is 0 Å². The molecule has 0 N–H and O–H groups in total. The van der Waals surface area contributed by atoms with Crippen LogP contribution in [0, 0.1) is 6.07 Å². The van der Waals surface area contributed by atoms with Gasteiger partial charge < -0.3 is 4.74 Å². The summed E-state index contributed by atoms with van der Waals surface area (Å²) in [6, 6.07) is 19.1. The summed E-state index contributed by atoms with van der Waals surface area (Å²) in [5, 5.41) is 0. The topological polar surface area (TPSA) is 9.23 Å². The molecule has 0 fully saturated rings. The van der Waals surface area contributed by atoms with Crippen LogP contribution in [0.25, 0.3) is 11.1 Å². The Morgan fingerprint density at radius 2 is 1.65 bits per heavy atom. The van der Waals surface area contributed by atoms with E-state index in [4.69, 9.17) is 4.74 Å². The second-order valence-electron chi connectivity index (χ2n) is 5.03. The maximum atomic E-state index is 5.86. The lowest BCUT2D eigenvalue weighted by Gasteiger charge is -2.21. The van der Waals surface area contributed by atoms with E-state index in [1.54, 1.807) is 0 Å². The zero-order valence-corrected chi connectivity index (χ0v) is 10.5. The van der Waals surface area contributed by atoms with Gasteiger partial charge in [-0.05, 0) is 50.1 Å². The van der Waals surface area contributed by atoms with Crippen molar-refractivity contribution in [2.45, 2.75) is 26.4 Å². The molecule has 0 unspecified atom stereocenters. The first-order chi connectivity index (χ1) is 8.04. The molecule has 0 aliphatic heterocycles. The van der Waals surface area contributed by atoms with E-state index in [-0.39, 0.29) is 5.60 Å². The van der Waals surface area contributed by atoms with Gasteiger partial charge in [0.25, 0.3) is 0 Å². The highest BCUT2D eigenvalue weighted by molar-refractivity contribution is 5.64. The fourth-order valence-electron chi connectivity index (χ4n) is 1.67. The normalized spacial score (nSPS) is 11.2. The molecular formula is C16H17O. The maximum Gasteiger partial charge on any atom is 0.120 e. The molecule has 17 heavy (non-hydrogen) atoms. The minimum absolute atomic E-state index is 0.164. The van der Waals surface area contributed by atoms with Crippen molar-refractivity contribution in [2.24, 2.45) is 0 Å².